The molecule has 6 nitrogen and oxygen atoms in total. The lowest BCUT2D eigenvalue weighted by atomic mass is 10.2. The quantitative estimate of drug-likeness (QED) is 0.646. The zero-order valence-electron chi connectivity index (χ0n) is 16.3. The molecular formula is C22H24N4O2. The summed E-state index contributed by atoms with van der Waals surface area (Å²) in [5.74, 6) is 0.882. The molecule has 0 atom stereocenters. The molecule has 0 saturated heterocycles. The van der Waals surface area contributed by atoms with E-state index in [1.165, 1.54) is 0 Å². The van der Waals surface area contributed by atoms with Crippen LogP contribution in [0.15, 0.2) is 66.9 Å². The number of carbonyl (C=O) groups is 1. The minimum atomic E-state index is -0.256. The van der Waals surface area contributed by atoms with Gasteiger partial charge in [0.1, 0.15) is 11.6 Å². The van der Waals surface area contributed by atoms with Gasteiger partial charge in [0, 0.05) is 25.5 Å². The first-order valence-electron chi connectivity index (χ1n) is 8.99. The molecule has 2 aromatic carbocycles. The number of rotatable bonds is 7. The van der Waals surface area contributed by atoms with Crippen LogP contribution < -0.4 is 20.3 Å². The molecule has 0 unspecified atom stereocenters. The topological polar surface area (TPSA) is 66.5 Å². The van der Waals surface area contributed by atoms with Crippen molar-refractivity contribution in [1.29, 1.82) is 0 Å². The number of benzene rings is 2. The SMILES string of the molecule is Cc1ccc(OCC(=O)Nc2ccc(Nc3ccc(N(C)C)cc3)cn2)cc1. The molecule has 28 heavy (non-hydrogen) atoms. The maximum absolute atomic E-state index is 12.0. The smallest absolute Gasteiger partial charge is 0.263 e. The molecule has 0 aliphatic heterocycles. The Kier molecular flexibility index (Phi) is 6.11. The molecule has 0 fully saturated rings. The van der Waals surface area contributed by atoms with Gasteiger partial charge >= 0.3 is 0 Å². The average molecular weight is 376 g/mol. The van der Waals surface area contributed by atoms with Crippen molar-refractivity contribution in [3.05, 3.63) is 72.4 Å². The number of carbonyl (C=O) groups excluding carboxylic acids is 1. The Morgan fingerprint density at radius 3 is 2.25 bits per heavy atom. The largest absolute Gasteiger partial charge is 0.484 e. The first-order valence-corrected chi connectivity index (χ1v) is 8.99. The van der Waals surface area contributed by atoms with Gasteiger partial charge in [-0.15, -0.1) is 0 Å². The summed E-state index contributed by atoms with van der Waals surface area (Å²) in [4.78, 5) is 18.3. The summed E-state index contributed by atoms with van der Waals surface area (Å²) in [7, 11) is 4.01. The maximum Gasteiger partial charge on any atom is 0.263 e. The number of nitrogens with zero attached hydrogens (tertiary/aromatic N) is 2. The fourth-order valence-corrected chi connectivity index (χ4v) is 2.51. The van der Waals surface area contributed by atoms with Gasteiger partial charge in [0.05, 0.1) is 11.9 Å². The zero-order chi connectivity index (χ0) is 19.9. The molecule has 144 valence electrons. The maximum atomic E-state index is 12.0. The second-order valence-electron chi connectivity index (χ2n) is 6.65. The summed E-state index contributed by atoms with van der Waals surface area (Å²) in [5, 5.41) is 6.01. The van der Waals surface area contributed by atoms with E-state index in [4.69, 9.17) is 4.74 Å². The fraction of sp³-hybridized carbons (Fsp3) is 0.182. The van der Waals surface area contributed by atoms with Crippen molar-refractivity contribution in [3.63, 3.8) is 0 Å². The van der Waals surface area contributed by atoms with Crippen LogP contribution in [0.3, 0.4) is 0 Å². The molecule has 1 heterocycles. The van der Waals surface area contributed by atoms with Crippen molar-refractivity contribution in [2.75, 3.05) is 36.2 Å². The van der Waals surface area contributed by atoms with Gasteiger partial charge in [-0.1, -0.05) is 17.7 Å². The Morgan fingerprint density at radius 1 is 0.964 bits per heavy atom. The molecule has 2 N–H and O–H groups in total. The molecule has 0 saturated carbocycles. The van der Waals surface area contributed by atoms with Crippen molar-refractivity contribution >= 4 is 28.8 Å². The highest BCUT2D eigenvalue weighted by atomic mass is 16.5. The molecular weight excluding hydrogens is 352 g/mol. The molecule has 0 spiro atoms. The summed E-state index contributed by atoms with van der Waals surface area (Å²) < 4.78 is 5.47. The Balaban J connectivity index is 1.50. The summed E-state index contributed by atoms with van der Waals surface area (Å²) in [5.41, 5.74) is 4.08. The van der Waals surface area contributed by atoms with Crippen LogP contribution in [-0.2, 0) is 4.79 Å². The van der Waals surface area contributed by atoms with Crippen molar-refractivity contribution in [3.8, 4) is 5.75 Å². The van der Waals surface area contributed by atoms with Gasteiger partial charge in [0.2, 0.25) is 0 Å². The van der Waals surface area contributed by atoms with Crippen LogP contribution in [0.5, 0.6) is 5.75 Å². The number of amides is 1. The minimum absolute atomic E-state index is 0.0665. The number of hydrogen-bond donors (Lipinski definition) is 2. The summed E-state index contributed by atoms with van der Waals surface area (Å²) in [6.45, 7) is 1.93. The van der Waals surface area contributed by atoms with Crippen LogP contribution in [0.4, 0.5) is 22.9 Å². The van der Waals surface area contributed by atoms with Gasteiger partial charge in [-0.25, -0.2) is 4.98 Å². The number of ether oxygens (including phenoxy) is 1. The van der Waals surface area contributed by atoms with Crippen LogP contribution in [-0.4, -0.2) is 31.6 Å². The lowest BCUT2D eigenvalue weighted by Crippen LogP contribution is -2.20. The molecule has 3 aromatic rings. The molecule has 0 radical (unpaired) electrons. The highest BCUT2D eigenvalue weighted by Gasteiger charge is 2.05. The normalized spacial score (nSPS) is 10.2. The van der Waals surface area contributed by atoms with Crippen molar-refractivity contribution in [2.24, 2.45) is 0 Å². The predicted molar refractivity (Wildman–Crippen MR) is 114 cm³/mol. The molecule has 0 aliphatic rings. The molecule has 1 amide bonds. The van der Waals surface area contributed by atoms with E-state index in [1.54, 1.807) is 12.3 Å². The number of hydrogen-bond acceptors (Lipinski definition) is 5. The highest BCUT2D eigenvalue weighted by Crippen LogP contribution is 2.20. The molecule has 6 heteroatoms. The van der Waals surface area contributed by atoms with Crippen molar-refractivity contribution < 1.29 is 9.53 Å². The number of pyridine rings is 1. The fourth-order valence-electron chi connectivity index (χ4n) is 2.51. The van der Waals surface area contributed by atoms with Gasteiger partial charge in [0.25, 0.3) is 5.91 Å². The Morgan fingerprint density at radius 2 is 1.64 bits per heavy atom. The first kappa shape index (κ1) is 19.2. The summed E-state index contributed by atoms with van der Waals surface area (Å²) in [6, 6.07) is 19.3. The molecule has 1 aromatic heterocycles. The van der Waals surface area contributed by atoms with Gasteiger partial charge in [-0.05, 0) is 55.5 Å². The highest BCUT2D eigenvalue weighted by molar-refractivity contribution is 5.91. The van der Waals surface area contributed by atoms with Gasteiger partial charge in [-0.2, -0.15) is 0 Å². The van der Waals surface area contributed by atoms with Gasteiger partial charge in [0.15, 0.2) is 6.61 Å². The van der Waals surface area contributed by atoms with Crippen LogP contribution in [0.1, 0.15) is 5.56 Å². The van der Waals surface area contributed by atoms with E-state index in [0.29, 0.717) is 11.6 Å². The number of aryl methyl sites for hydroxylation is 1. The number of nitrogens with one attached hydrogen (secondary N) is 2. The van der Waals surface area contributed by atoms with E-state index >= 15 is 0 Å². The number of aromatic nitrogens is 1. The first-order chi connectivity index (χ1) is 13.5. The van der Waals surface area contributed by atoms with E-state index in [9.17, 15) is 4.79 Å². The second kappa shape index (κ2) is 8.90. The third-order valence-corrected chi connectivity index (χ3v) is 4.09. The van der Waals surface area contributed by atoms with E-state index < -0.39 is 0 Å². The summed E-state index contributed by atoms with van der Waals surface area (Å²) in [6.07, 6.45) is 1.68. The average Bonchev–Trinajstić information content (AvgIpc) is 2.69. The van der Waals surface area contributed by atoms with E-state index in [1.807, 2.05) is 80.5 Å². The standard InChI is InChI=1S/C22H24N4O2/c1-16-4-11-20(12-5-16)28-15-22(27)25-21-13-8-18(14-23-21)24-17-6-9-19(10-7-17)26(2)3/h4-14,24H,15H2,1-3H3,(H,23,25,27). The van der Waals surface area contributed by atoms with Crippen LogP contribution in [0, 0.1) is 6.92 Å². The Hall–Kier alpha value is -3.54. The van der Waals surface area contributed by atoms with E-state index in [-0.39, 0.29) is 12.5 Å². The molecule has 3 rings (SSSR count). The monoisotopic (exact) mass is 376 g/mol. The van der Waals surface area contributed by atoms with Gasteiger partial charge in [-0.3, -0.25) is 4.79 Å². The van der Waals surface area contributed by atoms with Crippen LogP contribution >= 0.6 is 0 Å². The van der Waals surface area contributed by atoms with E-state index in [2.05, 4.69) is 15.6 Å². The minimum Gasteiger partial charge on any atom is -0.484 e. The lowest BCUT2D eigenvalue weighted by molar-refractivity contribution is -0.118. The zero-order valence-corrected chi connectivity index (χ0v) is 16.3. The Bertz CT molecular complexity index is 905. The predicted octanol–water partition coefficient (Wildman–Crippen LogP) is 4.22. The van der Waals surface area contributed by atoms with Crippen molar-refractivity contribution in [1.82, 2.24) is 4.98 Å². The molecule has 0 bridgehead atoms. The van der Waals surface area contributed by atoms with Crippen LogP contribution in [0.2, 0.25) is 0 Å². The number of anilines is 4. The Labute approximate surface area is 165 Å². The molecule has 0 aliphatic carbocycles. The van der Waals surface area contributed by atoms with Crippen LogP contribution in [0.25, 0.3) is 0 Å². The second-order valence-corrected chi connectivity index (χ2v) is 6.65. The van der Waals surface area contributed by atoms with E-state index in [0.717, 1.165) is 22.6 Å². The third kappa shape index (κ3) is 5.48. The third-order valence-electron chi connectivity index (χ3n) is 4.09. The van der Waals surface area contributed by atoms with Gasteiger partial charge < -0.3 is 20.3 Å². The lowest BCUT2D eigenvalue weighted by Gasteiger charge is -2.13. The van der Waals surface area contributed by atoms with Crippen molar-refractivity contribution in [2.45, 2.75) is 6.92 Å². The summed E-state index contributed by atoms with van der Waals surface area (Å²) >= 11 is 0.